The molecule has 0 amide bonds. The molecule has 0 aromatic carbocycles. The Morgan fingerprint density at radius 3 is 2.76 bits per heavy atom. The van der Waals surface area contributed by atoms with Crippen molar-refractivity contribution in [3.05, 3.63) is 24.2 Å². The monoisotopic (exact) mass is 312 g/mol. The zero-order valence-electron chi connectivity index (χ0n) is 12.6. The van der Waals surface area contributed by atoms with Crippen LogP contribution in [0.1, 0.15) is 37.9 Å². The SMILES string of the molecule is CS(=O)(=O)N1CCCCC12CCCN(Cc1ccco1)C2. The summed E-state index contributed by atoms with van der Waals surface area (Å²) in [6, 6.07) is 3.88. The second-order valence-electron chi connectivity index (χ2n) is 6.41. The lowest BCUT2D eigenvalue weighted by Crippen LogP contribution is -2.61. The Morgan fingerprint density at radius 1 is 1.24 bits per heavy atom. The molecule has 0 bridgehead atoms. The summed E-state index contributed by atoms with van der Waals surface area (Å²) in [5.74, 6) is 0.953. The third-order valence-electron chi connectivity index (χ3n) is 4.78. The molecule has 0 saturated carbocycles. The first-order valence-electron chi connectivity index (χ1n) is 7.72. The summed E-state index contributed by atoms with van der Waals surface area (Å²) in [7, 11) is -3.14. The van der Waals surface area contributed by atoms with Crippen molar-refractivity contribution in [3.63, 3.8) is 0 Å². The minimum atomic E-state index is -3.14. The summed E-state index contributed by atoms with van der Waals surface area (Å²) in [5.41, 5.74) is -0.198. The van der Waals surface area contributed by atoms with Gasteiger partial charge >= 0.3 is 0 Å². The summed E-state index contributed by atoms with van der Waals surface area (Å²) < 4.78 is 31.6. The standard InChI is InChI=1S/C15H24N2O3S/c1-21(18,19)17-10-3-2-7-15(17)8-5-9-16(13-15)12-14-6-4-11-20-14/h4,6,11H,2-3,5,7-10,12-13H2,1H3. The van der Waals surface area contributed by atoms with Gasteiger partial charge in [0.15, 0.2) is 0 Å². The van der Waals surface area contributed by atoms with Gasteiger partial charge in [-0.2, -0.15) is 4.31 Å². The summed E-state index contributed by atoms with van der Waals surface area (Å²) in [6.45, 7) is 3.28. The van der Waals surface area contributed by atoms with Crippen molar-refractivity contribution in [3.8, 4) is 0 Å². The second kappa shape index (κ2) is 5.74. The average molecular weight is 312 g/mol. The van der Waals surface area contributed by atoms with Crippen molar-refractivity contribution in [2.24, 2.45) is 0 Å². The summed E-state index contributed by atoms with van der Waals surface area (Å²) in [5, 5.41) is 0. The summed E-state index contributed by atoms with van der Waals surface area (Å²) in [4.78, 5) is 2.34. The minimum absolute atomic E-state index is 0.198. The maximum Gasteiger partial charge on any atom is 0.211 e. The van der Waals surface area contributed by atoms with Gasteiger partial charge in [-0.3, -0.25) is 4.90 Å². The maximum atomic E-state index is 12.2. The predicted octanol–water partition coefficient (Wildman–Crippen LogP) is 2.06. The molecular weight excluding hydrogens is 288 g/mol. The first-order valence-corrected chi connectivity index (χ1v) is 9.57. The Balaban J connectivity index is 1.79. The van der Waals surface area contributed by atoms with Gasteiger partial charge in [-0.05, 0) is 44.4 Å². The van der Waals surface area contributed by atoms with E-state index < -0.39 is 10.0 Å². The van der Waals surface area contributed by atoms with Crippen LogP contribution in [-0.4, -0.2) is 49.1 Å². The Morgan fingerprint density at radius 2 is 2.05 bits per heavy atom. The molecule has 6 heteroatoms. The van der Waals surface area contributed by atoms with Crippen LogP contribution in [0.25, 0.3) is 0 Å². The highest BCUT2D eigenvalue weighted by atomic mass is 32.2. The lowest BCUT2D eigenvalue weighted by atomic mass is 9.81. The molecule has 2 aliphatic heterocycles. The van der Waals surface area contributed by atoms with Gasteiger partial charge in [-0.25, -0.2) is 8.42 Å². The molecule has 5 nitrogen and oxygen atoms in total. The van der Waals surface area contributed by atoms with Gasteiger partial charge in [0.25, 0.3) is 0 Å². The van der Waals surface area contributed by atoms with Gasteiger partial charge in [0, 0.05) is 18.6 Å². The molecule has 1 spiro atoms. The molecule has 0 radical (unpaired) electrons. The van der Waals surface area contributed by atoms with Gasteiger partial charge in [-0.1, -0.05) is 6.42 Å². The number of rotatable bonds is 3. The Kier molecular flexibility index (Phi) is 4.12. The maximum absolute atomic E-state index is 12.2. The molecule has 1 aromatic rings. The molecule has 1 unspecified atom stereocenters. The fourth-order valence-corrected chi connectivity index (χ4v) is 5.37. The molecule has 2 saturated heterocycles. The van der Waals surface area contributed by atoms with E-state index in [0.717, 1.165) is 57.5 Å². The highest BCUT2D eigenvalue weighted by Gasteiger charge is 2.46. The van der Waals surface area contributed by atoms with E-state index in [1.54, 1.807) is 10.6 Å². The van der Waals surface area contributed by atoms with E-state index in [4.69, 9.17) is 4.42 Å². The van der Waals surface area contributed by atoms with Crippen molar-refractivity contribution in [1.29, 1.82) is 0 Å². The highest BCUT2D eigenvalue weighted by Crippen LogP contribution is 2.38. The summed E-state index contributed by atoms with van der Waals surface area (Å²) >= 11 is 0. The van der Waals surface area contributed by atoms with Crippen molar-refractivity contribution in [1.82, 2.24) is 9.21 Å². The van der Waals surface area contributed by atoms with E-state index in [1.807, 2.05) is 12.1 Å². The van der Waals surface area contributed by atoms with Gasteiger partial charge < -0.3 is 4.42 Å². The smallest absolute Gasteiger partial charge is 0.211 e. The van der Waals surface area contributed by atoms with Crippen LogP contribution in [0, 0.1) is 0 Å². The normalized spacial score (nSPS) is 29.0. The predicted molar refractivity (Wildman–Crippen MR) is 81.4 cm³/mol. The van der Waals surface area contributed by atoms with Crippen LogP contribution in [0.4, 0.5) is 0 Å². The van der Waals surface area contributed by atoms with Crippen LogP contribution in [0.3, 0.4) is 0 Å². The molecule has 1 atom stereocenters. The average Bonchev–Trinajstić information content (AvgIpc) is 2.91. The second-order valence-corrected chi connectivity index (χ2v) is 8.32. The fourth-order valence-electron chi connectivity index (χ4n) is 3.96. The molecule has 1 aromatic heterocycles. The largest absolute Gasteiger partial charge is 0.468 e. The fraction of sp³-hybridized carbons (Fsp3) is 0.733. The lowest BCUT2D eigenvalue weighted by Gasteiger charge is -2.50. The Labute approximate surface area is 127 Å². The lowest BCUT2D eigenvalue weighted by molar-refractivity contribution is 0.0310. The van der Waals surface area contributed by atoms with Crippen LogP contribution in [0.2, 0.25) is 0 Å². The Hall–Kier alpha value is -0.850. The highest BCUT2D eigenvalue weighted by molar-refractivity contribution is 7.88. The van der Waals surface area contributed by atoms with E-state index in [-0.39, 0.29) is 5.54 Å². The molecule has 3 heterocycles. The van der Waals surface area contributed by atoms with Crippen molar-refractivity contribution in [2.75, 3.05) is 25.9 Å². The van der Waals surface area contributed by atoms with Crippen LogP contribution in [0.5, 0.6) is 0 Å². The third-order valence-corrected chi connectivity index (χ3v) is 6.15. The van der Waals surface area contributed by atoms with Crippen molar-refractivity contribution in [2.45, 2.75) is 44.2 Å². The quantitative estimate of drug-likeness (QED) is 0.857. The van der Waals surface area contributed by atoms with Crippen LogP contribution in [-0.2, 0) is 16.6 Å². The Bertz CT molecular complexity index is 566. The topological polar surface area (TPSA) is 53.8 Å². The number of likely N-dealkylation sites (tertiary alicyclic amines) is 1. The molecule has 0 aliphatic carbocycles. The van der Waals surface area contributed by atoms with E-state index >= 15 is 0 Å². The molecule has 3 rings (SSSR count). The van der Waals surface area contributed by atoms with Crippen molar-refractivity contribution >= 4 is 10.0 Å². The first kappa shape index (κ1) is 15.1. The van der Waals surface area contributed by atoms with Crippen molar-refractivity contribution < 1.29 is 12.8 Å². The molecule has 118 valence electrons. The molecule has 2 fully saturated rings. The van der Waals surface area contributed by atoms with Gasteiger partial charge in [0.2, 0.25) is 10.0 Å². The van der Waals surface area contributed by atoms with E-state index in [1.165, 1.54) is 6.26 Å². The third kappa shape index (κ3) is 3.17. The first-order chi connectivity index (χ1) is 10.00. The molecular formula is C15H24N2O3S. The van der Waals surface area contributed by atoms with Crippen LogP contribution < -0.4 is 0 Å². The van der Waals surface area contributed by atoms with Crippen LogP contribution in [0.15, 0.2) is 22.8 Å². The number of hydrogen-bond donors (Lipinski definition) is 0. The van der Waals surface area contributed by atoms with Gasteiger partial charge in [0.05, 0.1) is 19.1 Å². The minimum Gasteiger partial charge on any atom is -0.468 e. The van der Waals surface area contributed by atoms with E-state index in [9.17, 15) is 8.42 Å². The molecule has 2 aliphatic rings. The van der Waals surface area contributed by atoms with Gasteiger partial charge in [-0.15, -0.1) is 0 Å². The number of hydrogen-bond acceptors (Lipinski definition) is 4. The summed E-state index contributed by atoms with van der Waals surface area (Å²) in [6.07, 6.45) is 8.16. The number of piperidine rings is 2. The molecule has 0 N–H and O–H groups in total. The zero-order chi connectivity index (χ0) is 14.9. The number of nitrogens with zero attached hydrogens (tertiary/aromatic N) is 2. The van der Waals surface area contributed by atoms with Crippen LogP contribution >= 0.6 is 0 Å². The van der Waals surface area contributed by atoms with E-state index in [2.05, 4.69) is 4.90 Å². The zero-order valence-corrected chi connectivity index (χ0v) is 13.4. The van der Waals surface area contributed by atoms with Gasteiger partial charge in [0.1, 0.15) is 5.76 Å². The number of sulfonamides is 1. The molecule has 21 heavy (non-hydrogen) atoms. The van der Waals surface area contributed by atoms with E-state index in [0.29, 0.717) is 6.54 Å². The number of furan rings is 1.